The second-order valence-corrected chi connectivity index (χ2v) is 9.76. The van der Waals surface area contributed by atoms with E-state index in [1.165, 1.54) is 75.2 Å². The van der Waals surface area contributed by atoms with E-state index in [-0.39, 0.29) is 17.3 Å². The number of carboxylic acid groups (broad SMARTS) is 1. The molecular weight excluding hydrogens is 470 g/mol. The van der Waals surface area contributed by atoms with E-state index in [1.54, 1.807) is 14.0 Å². The highest BCUT2D eigenvalue weighted by molar-refractivity contribution is 5.86. The molecule has 0 radical (unpaired) electrons. The van der Waals surface area contributed by atoms with E-state index in [9.17, 15) is 14.7 Å². The summed E-state index contributed by atoms with van der Waals surface area (Å²) in [7, 11) is 1.64. The Kier molecular flexibility index (Phi) is 14.3. The highest BCUT2D eigenvalue weighted by Gasteiger charge is 2.26. The van der Waals surface area contributed by atoms with Crippen LogP contribution in [0.4, 0.5) is 4.79 Å². The fourth-order valence-electron chi connectivity index (χ4n) is 4.26. The normalized spacial score (nSPS) is 11.8. The van der Waals surface area contributed by atoms with Gasteiger partial charge in [-0.3, -0.25) is 0 Å². The Hall–Kier alpha value is -2.96. The Balaban J connectivity index is 1.69. The van der Waals surface area contributed by atoms with Crippen molar-refractivity contribution in [2.75, 3.05) is 13.7 Å². The number of carboxylic acids is 1. The lowest BCUT2D eigenvalue weighted by atomic mass is 10.1. The summed E-state index contributed by atoms with van der Waals surface area (Å²) in [5.74, 6) is -1.36. The van der Waals surface area contributed by atoms with Crippen molar-refractivity contribution in [2.24, 2.45) is 0 Å². The van der Waals surface area contributed by atoms with Gasteiger partial charge in [-0.2, -0.15) is 0 Å². The molecule has 7 heteroatoms. The number of benzene rings is 1. The van der Waals surface area contributed by atoms with Gasteiger partial charge in [0.15, 0.2) is 0 Å². The molecule has 0 aliphatic heterocycles. The molecule has 7 nitrogen and oxygen atoms in total. The van der Waals surface area contributed by atoms with Gasteiger partial charge in [-0.25, -0.2) is 9.59 Å². The molecule has 1 heterocycles. The third-order valence-electron chi connectivity index (χ3n) is 6.46. The minimum Gasteiger partial charge on any atom is -0.475 e. The van der Waals surface area contributed by atoms with Gasteiger partial charge in [-0.1, -0.05) is 108 Å². The summed E-state index contributed by atoms with van der Waals surface area (Å²) in [6, 6.07) is 11.1. The van der Waals surface area contributed by atoms with Crippen LogP contribution in [0.15, 0.2) is 40.8 Å². The second kappa shape index (κ2) is 17.5. The molecule has 1 N–H and O–H groups in total. The number of hydrogen-bond acceptors (Lipinski definition) is 5. The van der Waals surface area contributed by atoms with Crippen molar-refractivity contribution in [3.8, 4) is 5.95 Å². The Morgan fingerprint density at radius 2 is 1.49 bits per heavy atom. The maximum atomic E-state index is 12.5. The minimum absolute atomic E-state index is 0.135. The summed E-state index contributed by atoms with van der Waals surface area (Å²) in [5.41, 5.74) is 1.25. The summed E-state index contributed by atoms with van der Waals surface area (Å²) in [5, 5.41) is 9.55. The van der Waals surface area contributed by atoms with Crippen LogP contribution in [0.5, 0.6) is 5.95 Å². The molecule has 1 unspecified atom stereocenters. The number of carbonyl (C=O) groups is 2. The van der Waals surface area contributed by atoms with Crippen LogP contribution in [-0.4, -0.2) is 35.7 Å². The molecule has 1 aromatic carbocycles. The number of aromatic carboxylic acids is 1. The first-order valence-corrected chi connectivity index (χ1v) is 13.9. The maximum Gasteiger partial charge on any atom is 0.410 e. The van der Waals surface area contributed by atoms with Crippen molar-refractivity contribution in [2.45, 2.75) is 104 Å². The summed E-state index contributed by atoms with van der Waals surface area (Å²) in [4.78, 5) is 25.7. The summed E-state index contributed by atoms with van der Waals surface area (Å²) >= 11 is 0. The van der Waals surface area contributed by atoms with E-state index in [2.05, 4.69) is 6.92 Å². The highest BCUT2D eigenvalue weighted by Crippen LogP contribution is 2.30. The molecule has 0 bridgehead atoms. The number of hydrogen-bond donors (Lipinski definition) is 1. The van der Waals surface area contributed by atoms with Crippen LogP contribution in [0.3, 0.4) is 0 Å². The molecule has 2 rings (SSSR count). The number of amides is 1. The standard InChI is InChI=1S/C30H45NO6/c1-4-5-6-7-8-9-10-11-12-13-14-18-21-35-27-22-26(28(37-27)29(32)33)24(2)36-30(34)31(3)23-25-19-16-15-17-20-25/h15-17,19-20,22,24H,4-14,18,21,23H2,1-3H3,(H,32,33). The third-order valence-corrected chi connectivity index (χ3v) is 6.46. The quantitative estimate of drug-likeness (QED) is 0.189. The lowest BCUT2D eigenvalue weighted by Gasteiger charge is -2.20. The van der Waals surface area contributed by atoms with Crippen LogP contribution in [0.25, 0.3) is 0 Å². The number of rotatable bonds is 19. The van der Waals surface area contributed by atoms with Crippen LogP contribution in [0.2, 0.25) is 0 Å². The predicted octanol–water partition coefficient (Wildman–Crippen LogP) is 8.39. The number of furan rings is 1. The van der Waals surface area contributed by atoms with Crippen molar-refractivity contribution in [1.82, 2.24) is 4.90 Å². The zero-order chi connectivity index (χ0) is 26.9. The predicted molar refractivity (Wildman–Crippen MR) is 145 cm³/mol. The van der Waals surface area contributed by atoms with Crippen molar-refractivity contribution in [1.29, 1.82) is 0 Å². The summed E-state index contributed by atoms with van der Waals surface area (Å²) in [6.45, 7) is 4.72. The average molecular weight is 516 g/mol. The largest absolute Gasteiger partial charge is 0.475 e. The van der Waals surface area contributed by atoms with Crippen LogP contribution >= 0.6 is 0 Å². The van der Waals surface area contributed by atoms with E-state index in [4.69, 9.17) is 13.9 Å². The Morgan fingerprint density at radius 3 is 2.05 bits per heavy atom. The van der Waals surface area contributed by atoms with E-state index in [1.807, 2.05) is 30.3 Å². The number of carbonyl (C=O) groups excluding carboxylic acids is 1. The first-order valence-electron chi connectivity index (χ1n) is 13.9. The Bertz CT molecular complexity index is 910. The van der Waals surface area contributed by atoms with Crippen LogP contribution in [-0.2, 0) is 11.3 Å². The minimum atomic E-state index is -1.23. The zero-order valence-electron chi connectivity index (χ0n) is 22.9. The Morgan fingerprint density at radius 1 is 0.919 bits per heavy atom. The molecule has 1 amide bonds. The molecule has 0 fully saturated rings. The number of ether oxygens (including phenoxy) is 2. The van der Waals surface area contributed by atoms with Gasteiger partial charge in [0.2, 0.25) is 5.76 Å². The fourth-order valence-corrected chi connectivity index (χ4v) is 4.26. The van der Waals surface area contributed by atoms with E-state index >= 15 is 0 Å². The molecular formula is C30H45NO6. The lowest BCUT2D eigenvalue weighted by Crippen LogP contribution is -2.28. The molecule has 2 aromatic rings. The Labute approximate surface area is 222 Å². The molecule has 1 aromatic heterocycles. The van der Waals surface area contributed by atoms with Crippen LogP contribution in [0, 0.1) is 0 Å². The van der Waals surface area contributed by atoms with Gasteiger partial charge in [0.05, 0.1) is 6.61 Å². The molecule has 0 saturated carbocycles. The number of nitrogens with zero attached hydrogens (tertiary/aromatic N) is 1. The average Bonchev–Trinajstić information content (AvgIpc) is 3.32. The number of unbranched alkanes of at least 4 members (excludes halogenated alkanes) is 11. The van der Waals surface area contributed by atoms with Gasteiger partial charge in [0.25, 0.3) is 5.95 Å². The highest BCUT2D eigenvalue weighted by atomic mass is 16.6. The SMILES string of the molecule is CCCCCCCCCCCCCCOc1cc(C(C)OC(=O)N(C)Cc2ccccc2)c(C(=O)O)o1. The monoisotopic (exact) mass is 515 g/mol. The van der Waals surface area contributed by atoms with Gasteiger partial charge in [0.1, 0.15) is 6.10 Å². The maximum absolute atomic E-state index is 12.5. The molecule has 0 saturated heterocycles. The molecule has 1 atom stereocenters. The molecule has 0 aliphatic rings. The van der Waals surface area contributed by atoms with Gasteiger partial charge in [-0.15, -0.1) is 0 Å². The van der Waals surface area contributed by atoms with E-state index < -0.39 is 18.2 Å². The first-order chi connectivity index (χ1) is 17.9. The summed E-state index contributed by atoms with van der Waals surface area (Å²) in [6.07, 6.45) is 13.7. The molecule has 37 heavy (non-hydrogen) atoms. The molecule has 0 aliphatic carbocycles. The topological polar surface area (TPSA) is 89.2 Å². The van der Waals surface area contributed by atoms with Crippen molar-refractivity contribution in [3.05, 3.63) is 53.3 Å². The van der Waals surface area contributed by atoms with Crippen molar-refractivity contribution < 1.29 is 28.6 Å². The molecule has 206 valence electrons. The van der Waals surface area contributed by atoms with Crippen LogP contribution < -0.4 is 4.74 Å². The van der Waals surface area contributed by atoms with E-state index in [0.29, 0.717) is 13.2 Å². The van der Waals surface area contributed by atoms with Gasteiger partial charge in [0, 0.05) is 25.2 Å². The van der Waals surface area contributed by atoms with Crippen molar-refractivity contribution in [3.63, 3.8) is 0 Å². The van der Waals surface area contributed by atoms with Gasteiger partial charge >= 0.3 is 12.1 Å². The molecule has 0 spiro atoms. The third kappa shape index (κ3) is 11.8. The lowest BCUT2D eigenvalue weighted by molar-refractivity contribution is 0.0611. The van der Waals surface area contributed by atoms with E-state index in [0.717, 1.165) is 18.4 Å². The second-order valence-electron chi connectivity index (χ2n) is 9.76. The summed E-state index contributed by atoms with van der Waals surface area (Å²) < 4.78 is 16.6. The zero-order valence-corrected chi connectivity index (χ0v) is 22.9. The van der Waals surface area contributed by atoms with Gasteiger partial charge < -0.3 is 23.9 Å². The smallest absolute Gasteiger partial charge is 0.410 e. The first kappa shape index (κ1) is 30.3. The fraction of sp³-hybridized carbons (Fsp3) is 0.600. The van der Waals surface area contributed by atoms with Gasteiger partial charge in [-0.05, 0) is 18.9 Å². The van der Waals surface area contributed by atoms with Crippen molar-refractivity contribution >= 4 is 12.1 Å². The van der Waals surface area contributed by atoms with Crippen LogP contribution in [0.1, 0.15) is 119 Å².